The van der Waals surface area contributed by atoms with Crippen molar-refractivity contribution in [1.29, 1.82) is 0 Å². The van der Waals surface area contributed by atoms with E-state index in [4.69, 9.17) is 0 Å². The van der Waals surface area contributed by atoms with E-state index in [1.165, 1.54) is 6.07 Å². The molecule has 0 saturated heterocycles. The summed E-state index contributed by atoms with van der Waals surface area (Å²) in [6, 6.07) is 5.15. The summed E-state index contributed by atoms with van der Waals surface area (Å²) >= 11 is 0. The van der Waals surface area contributed by atoms with Crippen LogP contribution in [-0.4, -0.2) is 22.7 Å². The van der Waals surface area contributed by atoms with Gasteiger partial charge in [-0.1, -0.05) is 26.0 Å². The number of nitro benzene ring substituents is 1. The Morgan fingerprint density at radius 3 is 2.90 bits per heavy atom. The molecule has 0 amide bonds. The van der Waals surface area contributed by atoms with Gasteiger partial charge in [-0.15, -0.1) is 0 Å². The molecule has 5 nitrogen and oxygen atoms in total. The fourth-order valence-corrected chi connectivity index (χ4v) is 3.57. The summed E-state index contributed by atoms with van der Waals surface area (Å²) in [5.41, 5.74) is 1.83. The zero-order valence-corrected chi connectivity index (χ0v) is 12.2. The van der Waals surface area contributed by atoms with Gasteiger partial charge in [0.25, 0.3) is 5.69 Å². The Labute approximate surface area is 123 Å². The number of anilines is 1. The molecule has 0 bridgehead atoms. The number of fused-ring (bicyclic) bond motifs is 3. The summed E-state index contributed by atoms with van der Waals surface area (Å²) in [7, 11) is 0. The summed E-state index contributed by atoms with van der Waals surface area (Å²) in [4.78, 5) is 10.6. The van der Waals surface area contributed by atoms with Crippen molar-refractivity contribution in [3.63, 3.8) is 0 Å². The second-order valence-corrected chi connectivity index (χ2v) is 6.65. The Bertz CT molecular complexity index is 610. The van der Waals surface area contributed by atoms with Crippen LogP contribution in [0.25, 0.3) is 0 Å². The molecule has 1 aromatic carbocycles. The number of nitrogens with one attached hydrogen (secondary N) is 1. The van der Waals surface area contributed by atoms with Crippen molar-refractivity contribution < 1.29 is 10.0 Å². The van der Waals surface area contributed by atoms with Gasteiger partial charge in [0.05, 0.1) is 11.5 Å². The van der Waals surface area contributed by atoms with E-state index < -0.39 is 0 Å². The largest absolute Gasteiger partial charge is 0.396 e. The number of allylic oxidation sites excluding steroid dienone is 2. The first-order valence-electron chi connectivity index (χ1n) is 7.26. The summed E-state index contributed by atoms with van der Waals surface area (Å²) in [6.45, 7) is 4.21. The molecule has 2 N–H and O–H groups in total. The molecule has 1 aliphatic heterocycles. The minimum atomic E-state index is -0.350. The number of nitrogens with zero attached hydrogens (tertiary/aromatic N) is 1. The predicted molar refractivity (Wildman–Crippen MR) is 81.4 cm³/mol. The van der Waals surface area contributed by atoms with Crippen molar-refractivity contribution in [1.82, 2.24) is 0 Å². The maximum Gasteiger partial charge on any atom is 0.269 e. The van der Waals surface area contributed by atoms with Gasteiger partial charge in [0.1, 0.15) is 0 Å². The Kier molecular flexibility index (Phi) is 3.24. The summed E-state index contributed by atoms with van der Waals surface area (Å²) in [5, 5.41) is 24.2. The molecule has 3 unspecified atom stereocenters. The molecule has 3 atom stereocenters. The third-order valence-electron chi connectivity index (χ3n) is 4.81. The van der Waals surface area contributed by atoms with Crippen LogP contribution in [0.15, 0.2) is 30.4 Å². The minimum Gasteiger partial charge on any atom is -0.396 e. The fraction of sp³-hybridized carbons (Fsp3) is 0.500. The van der Waals surface area contributed by atoms with E-state index in [2.05, 4.69) is 31.3 Å². The number of hydrogen-bond acceptors (Lipinski definition) is 4. The van der Waals surface area contributed by atoms with Crippen molar-refractivity contribution in [3.8, 4) is 0 Å². The first kappa shape index (κ1) is 14.1. The molecule has 112 valence electrons. The van der Waals surface area contributed by atoms with Gasteiger partial charge in [-0.2, -0.15) is 0 Å². The third-order valence-corrected chi connectivity index (χ3v) is 4.81. The second-order valence-electron chi connectivity index (χ2n) is 6.65. The van der Waals surface area contributed by atoms with E-state index in [9.17, 15) is 15.2 Å². The highest BCUT2D eigenvalue weighted by atomic mass is 16.6. The maximum absolute atomic E-state index is 11.0. The molecule has 0 saturated carbocycles. The smallest absolute Gasteiger partial charge is 0.269 e. The van der Waals surface area contributed by atoms with Gasteiger partial charge in [-0.05, 0) is 24.0 Å². The SMILES string of the molecule is CC(C)(CO)C1Nc2ccc([N+](=O)[O-])cc2C2C=CCC21. The number of benzene rings is 1. The zero-order valence-electron chi connectivity index (χ0n) is 12.2. The number of rotatable bonds is 3. The molecular weight excluding hydrogens is 268 g/mol. The number of aliphatic hydroxyl groups is 1. The lowest BCUT2D eigenvalue weighted by Gasteiger charge is -2.44. The topological polar surface area (TPSA) is 75.4 Å². The number of hydrogen-bond donors (Lipinski definition) is 2. The normalized spacial score (nSPS) is 26.9. The average molecular weight is 288 g/mol. The second kappa shape index (κ2) is 4.84. The third kappa shape index (κ3) is 2.21. The van der Waals surface area contributed by atoms with Gasteiger partial charge in [-0.3, -0.25) is 10.1 Å². The number of aliphatic hydroxyl groups excluding tert-OH is 1. The van der Waals surface area contributed by atoms with Crippen LogP contribution >= 0.6 is 0 Å². The summed E-state index contributed by atoms with van der Waals surface area (Å²) in [5.74, 6) is 0.527. The fourth-order valence-electron chi connectivity index (χ4n) is 3.57. The Hall–Kier alpha value is -1.88. The Balaban J connectivity index is 2.05. The summed E-state index contributed by atoms with van der Waals surface area (Å²) < 4.78 is 0. The lowest BCUT2D eigenvalue weighted by Crippen LogP contribution is -2.47. The minimum absolute atomic E-state index is 0.107. The van der Waals surface area contributed by atoms with E-state index in [0.29, 0.717) is 5.92 Å². The standard InChI is InChI=1S/C16H20N2O3/c1-16(2,9-19)15-12-5-3-4-11(12)13-8-10(18(20)21)6-7-14(13)17-15/h3-4,6-8,11-12,15,17,19H,5,9H2,1-2H3. The van der Waals surface area contributed by atoms with Crippen molar-refractivity contribution in [2.45, 2.75) is 32.2 Å². The molecule has 2 aliphatic rings. The molecule has 3 rings (SSSR count). The van der Waals surface area contributed by atoms with Gasteiger partial charge in [0, 0.05) is 35.2 Å². The molecule has 1 heterocycles. The molecule has 0 fully saturated rings. The van der Waals surface area contributed by atoms with Crippen LogP contribution in [0.4, 0.5) is 11.4 Å². The average Bonchev–Trinajstić information content (AvgIpc) is 2.95. The highest BCUT2D eigenvalue weighted by Crippen LogP contribution is 2.49. The van der Waals surface area contributed by atoms with Crippen LogP contribution in [0, 0.1) is 21.4 Å². The Morgan fingerprint density at radius 2 is 2.24 bits per heavy atom. The molecule has 1 aliphatic carbocycles. The monoisotopic (exact) mass is 288 g/mol. The lowest BCUT2D eigenvalue weighted by molar-refractivity contribution is -0.384. The van der Waals surface area contributed by atoms with E-state index in [1.807, 2.05) is 0 Å². The van der Waals surface area contributed by atoms with Crippen molar-refractivity contribution >= 4 is 11.4 Å². The van der Waals surface area contributed by atoms with Crippen molar-refractivity contribution in [2.24, 2.45) is 11.3 Å². The van der Waals surface area contributed by atoms with Gasteiger partial charge in [0.2, 0.25) is 0 Å². The number of nitro groups is 1. The summed E-state index contributed by atoms with van der Waals surface area (Å²) in [6.07, 6.45) is 5.23. The first-order valence-corrected chi connectivity index (χ1v) is 7.26. The quantitative estimate of drug-likeness (QED) is 0.509. The van der Waals surface area contributed by atoms with Crippen LogP contribution in [0.2, 0.25) is 0 Å². The van der Waals surface area contributed by atoms with Gasteiger partial charge in [-0.25, -0.2) is 0 Å². The van der Waals surface area contributed by atoms with Crippen LogP contribution in [0.1, 0.15) is 31.7 Å². The molecule has 5 heteroatoms. The molecule has 1 aromatic rings. The van der Waals surface area contributed by atoms with Crippen molar-refractivity contribution in [2.75, 3.05) is 11.9 Å². The van der Waals surface area contributed by atoms with E-state index >= 15 is 0 Å². The van der Waals surface area contributed by atoms with Gasteiger partial charge in [0.15, 0.2) is 0 Å². The predicted octanol–water partition coefficient (Wildman–Crippen LogP) is 3.07. The van der Waals surface area contributed by atoms with Gasteiger partial charge < -0.3 is 10.4 Å². The Morgan fingerprint density at radius 1 is 1.48 bits per heavy atom. The van der Waals surface area contributed by atoms with E-state index in [0.717, 1.165) is 17.7 Å². The van der Waals surface area contributed by atoms with Gasteiger partial charge >= 0.3 is 0 Å². The molecule has 0 radical (unpaired) electrons. The van der Waals surface area contributed by atoms with E-state index in [-0.39, 0.29) is 34.6 Å². The first-order chi connectivity index (χ1) is 9.94. The number of non-ortho nitro benzene ring substituents is 1. The molecular formula is C16H20N2O3. The van der Waals surface area contributed by atoms with E-state index in [1.54, 1.807) is 12.1 Å². The van der Waals surface area contributed by atoms with Crippen LogP contribution < -0.4 is 5.32 Å². The van der Waals surface area contributed by atoms with Crippen LogP contribution in [0.3, 0.4) is 0 Å². The molecule has 0 spiro atoms. The van der Waals surface area contributed by atoms with Crippen LogP contribution in [-0.2, 0) is 0 Å². The highest BCUT2D eigenvalue weighted by Gasteiger charge is 2.44. The van der Waals surface area contributed by atoms with Crippen LogP contribution in [0.5, 0.6) is 0 Å². The highest BCUT2D eigenvalue weighted by molar-refractivity contribution is 5.62. The lowest BCUT2D eigenvalue weighted by atomic mass is 9.69. The zero-order chi connectivity index (χ0) is 15.2. The van der Waals surface area contributed by atoms with Crippen molar-refractivity contribution in [3.05, 3.63) is 46.0 Å². The molecule has 21 heavy (non-hydrogen) atoms. The maximum atomic E-state index is 11.0. The molecule has 0 aromatic heterocycles.